The summed E-state index contributed by atoms with van der Waals surface area (Å²) >= 11 is 1.69. The number of nitrogens with one attached hydrogen (secondary N) is 2. The average molecular weight is 357 g/mol. The van der Waals surface area contributed by atoms with Crippen molar-refractivity contribution in [1.29, 1.82) is 0 Å². The molecule has 0 amide bonds. The lowest BCUT2D eigenvalue weighted by molar-refractivity contribution is 0.413. The lowest BCUT2D eigenvalue weighted by Gasteiger charge is -2.30. The number of thiazole rings is 1. The summed E-state index contributed by atoms with van der Waals surface area (Å²) in [5.41, 5.74) is 1.13. The maximum absolute atomic E-state index is 12.0. The Labute approximate surface area is 145 Å². The molecule has 23 heavy (non-hydrogen) atoms. The molecule has 0 aromatic carbocycles. The Morgan fingerprint density at radius 3 is 3.00 bits per heavy atom. The minimum absolute atomic E-state index is 0.335. The van der Waals surface area contributed by atoms with E-state index < -0.39 is 10.8 Å². The van der Waals surface area contributed by atoms with E-state index >= 15 is 0 Å². The van der Waals surface area contributed by atoms with Gasteiger partial charge in [-0.2, -0.15) is 0 Å². The number of rotatable bonds is 6. The molecule has 0 radical (unpaired) electrons. The first kappa shape index (κ1) is 18.4. The SMILES string of the molecule is CCS(=O)C1CCCC(NC(=NC)NCCc2csc(C)n2)C1. The maximum Gasteiger partial charge on any atom is 0.191 e. The second-order valence-corrected chi connectivity index (χ2v) is 8.97. The monoisotopic (exact) mass is 356 g/mol. The molecule has 1 aliphatic rings. The van der Waals surface area contributed by atoms with Gasteiger partial charge in [0.2, 0.25) is 0 Å². The molecule has 1 saturated carbocycles. The summed E-state index contributed by atoms with van der Waals surface area (Å²) in [4.78, 5) is 8.78. The molecule has 0 spiro atoms. The minimum Gasteiger partial charge on any atom is -0.356 e. The smallest absolute Gasteiger partial charge is 0.191 e. The van der Waals surface area contributed by atoms with E-state index in [4.69, 9.17) is 0 Å². The summed E-state index contributed by atoms with van der Waals surface area (Å²) in [6.07, 6.45) is 5.24. The molecule has 0 aliphatic heterocycles. The van der Waals surface area contributed by atoms with Crippen LogP contribution in [0.1, 0.15) is 43.3 Å². The van der Waals surface area contributed by atoms with Crippen LogP contribution < -0.4 is 10.6 Å². The van der Waals surface area contributed by atoms with Gasteiger partial charge in [-0.25, -0.2) is 4.98 Å². The number of nitrogens with zero attached hydrogens (tertiary/aromatic N) is 2. The standard InChI is InChI=1S/C16H28N4OS2/c1-4-23(21)15-7-5-6-13(10-15)20-16(17-3)18-9-8-14-11-22-12(2)19-14/h11,13,15H,4-10H2,1-3H3,(H2,17,18,20). The zero-order valence-electron chi connectivity index (χ0n) is 14.3. The van der Waals surface area contributed by atoms with Crippen LogP contribution in [0.2, 0.25) is 0 Å². The molecular weight excluding hydrogens is 328 g/mol. The number of hydrogen-bond donors (Lipinski definition) is 2. The van der Waals surface area contributed by atoms with Crippen molar-refractivity contribution in [3.8, 4) is 0 Å². The van der Waals surface area contributed by atoms with Crippen molar-refractivity contribution in [1.82, 2.24) is 15.6 Å². The highest BCUT2D eigenvalue weighted by Crippen LogP contribution is 2.22. The van der Waals surface area contributed by atoms with Crippen LogP contribution in [0.5, 0.6) is 0 Å². The summed E-state index contributed by atoms with van der Waals surface area (Å²) in [5, 5.41) is 10.4. The Morgan fingerprint density at radius 2 is 2.35 bits per heavy atom. The first-order chi connectivity index (χ1) is 11.1. The van der Waals surface area contributed by atoms with E-state index in [1.54, 1.807) is 18.4 Å². The van der Waals surface area contributed by atoms with Crippen molar-refractivity contribution in [2.45, 2.75) is 57.2 Å². The third-order valence-corrected chi connectivity index (χ3v) is 6.75. The molecule has 1 aromatic rings. The number of aromatic nitrogens is 1. The van der Waals surface area contributed by atoms with Crippen molar-refractivity contribution in [3.05, 3.63) is 16.1 Å². The van der Waals surface area contributed by atoms with Gasteiger partial charge in [-0.1, -0.05) is 13.3 Å². The summed E-state index contributed by atoms with van der Waals surface area (Å²) in [6, 6.07) is 0.372. The van der Waals surface area contributed by atoms with Crippen LogP contribution in [0, 0.1) is 6.92 Å². The largest absolute Gasteiger partial charge is 0.356 e. The van der Waals surface area contributed by atoms with Gasteiger partial charge in [0.15, 0.2) is 5.96 Å². The van der Waals surface area contributed by atoms with E-state index in [-0.39, 0.29) is 0 Å². The van der Waals surface area contributed by atoms with Crippen LogP contribution in [0.4, 0.5) is 0 Å². The molecule has 2 N–H and O–H groups in total. The third-order valence-electron chi connectivity index (χ3n) is 4.19. The highest BCUT2D eigenvalue weighted by atomic mass is 32.2. The fraction of sp³-hybridized carbons (Fsp3) is 0.750. The summed E-state index contributed by atoms with van der Waals surface area (Å²) in [5.74, 6) is 1.60. The number of aryl methyl sites for hydroxylation is 1. The topological polar surface area (TPSA) is 66.4 Å². The quantitative estimate of drug-likeness (QED) is 0.606. The van der Waals surface area contributed by atoms with E-state index in [0.717, 1.165) is 61.1 Å². The van der Waals surface area contributed by atoms with Gasteiger partial charge in [0, 0.05) is 53.2 Å². The zero-order chi connectivity index (χ0) is 16.7. The average Bonchev–Trinajstić information content (AvgIpc) is 2.98. The molecule has 3 unspecified atom stereocenters. The molecule has 3 atom stereocenters. The van der Waals surface area contributed by atoms with E-state index in [1.165, 1.54) is 0 Å². The number of aliphatic imine (C=N–C) groups is 1. The van der Waals surface area contributed by atoms with Crippen LogP contribution in [0.3, 0.4) is 0 Å². The van der Waals surface area contributed by atoms with Crippen LogP contribution in [-0.2, 0) is 17.2 Å². The van der Waals surface area contributed by atoms with Crippen molar-refractivity contribution < 1.29 is 4.21 Å². The Hall–Kier alpha value is -0.950. The molecular formula is C16H28N4OS2. The van der Waals surface area contributed by atoms with Gasteiger partial charge in [-0.3, -0.25) is 9.20 Å². The van der Waals surface area contributed by atoms with Crippen LogP contribution in [0.25, 0.3) is 0 Å². The number of hydrogen-bond acceptors (Lipinski definition) is 4. The van der Waals surface area contributed by atoms with E-state index in [0.29, 0.717) is 11.3 Å². The van der Waals surface area contributed by atoms with Crippen molar-refractivity contribution in [2.24, 2.45) is 4.99 Å². The molecule has 1 heterocycles. The fourth-order valence-corrected chi connectivity index (χ4v) is 4.97. The molecule has 130 valence electrons. The lowest BCUT2D eigenvalue weighted by atomic mass is 9.95. The first-order valence-corrected chi connectivity index (χ1v) is 10.6. The molecule has 7 heteroatoms. The summed E-state index contributed by atoms with van der Waals surface area (Å²) < 4.78 is 12.0. The van der Waals surface area contributed by atoms with Crippen molar-refractivity contribution >= 4 is 28.1 Å². The zero-order valence-corrected chi connectivity index (χ0v) is 15.9. The maximum atomic E-state index is 12.0. The molecule has 1 aromatic heterocycles. The summed E-state index contributed by atoms with van der Waals surface area (Å²) in [6.45, 7) is 4.86. The molecule has 5 nitrogen and oxygen atoms in total. The van der Waals surface area contributed by atoms with Crippen LogP contribution >= 0.6 is 11.3 Å². The predicted octanol–water partition coefficient (Wildman–Crippen LogP) is 2.24. The van der Waals surface area contributed by atoms with Gasteiger partial charge in [-0.15, -0.1) is 11.3 Å². The first-order valence-electron chi connectivity index (χ1n) is 8.37. The Morgan fingerprint density at radius 1 is 1.52 bits per heavy atom. The third kappa shape index (κ3) is 5.88. The van der Waals surface area contributed by atoms with Crippen LogP contribution in [0.15, 0.2) is 10.4 Å². The second kappa shape index (κ2) is 9.37. The molecule has 1 fully saturated rings. The molecule has 0 saturated heterocycles. The highest BCUT2D eigenvalue weighted by Gasteiger charge is 2.25. The minimum atomic E-state index is -0.686. The molecule has 1 aliphatic carbocycles. The summed E-state index contributed by atoms with van der Waals surface area (Å²) in [7, 11) is 1.11. The highest BCUT2D eigenvalue weighted by molar-refractivity contribution is 7.85. The van der Waals surface area contributed by atoms with Gasteiger partial charge in [0.1, 0.15) is 0 Å². The number of guanidine groups is 1. The predicted molar refractivity (Wildman–Crippen MR) is 99.8 cm³/mol. The van der Waals surface area contributed by atoms with Crippen LogP contribution in [-0.4, -0.2) is 45.8 Å². The van der Waals surface area contributed by atoms with Gasteiger partial charge < -0.3 is 10.6 Å². The Kier molecular flexibility index (Phi) is 7.49. The van der Waals surface area contributed by atoms with Crippen molar-refractivity contribution in [2.75, 3.05) is 19.3 Å². The fourth-order valence-electron chi connectivity index (χ4n) is 2.97. The van der Waals surface area contributed by atoms with Gasteiger partial charge in [-0.05, 0) is 26.2 Å². The Bertz CT molecular complexity index is 544. The van der Waals surface area contributed by atoms with E-state index in [1.807, 2.05) is 13.8 Å². The van der Waals surface area contributed by atoms with Gasteiger partial charge >= 0.3 is 0 Å². The molecule has 2 rings (SSSR count). The Balaban J connectivity index is 1.76. The van der Waals surface area contributed by atoms with Gasteiger partial charge in [0.25, 0.3) is 0 Å². The second-order valence-electron chi connectivity index (χ2n) is 5.91. The molecule has 0 bridgehead atoms. The van der Waals surface area contributed by atoms with E-state index in [9.17, 15) is 4.21 Å². The lowest BCUT2D eigenvalue weighted by Crippen LogP contribution is -2.47. The van der Waals surface area contributed by atoms with E-state index in [2.05, 4.69) is 26.0 Å². The van der Waals surface area contributed by atoms with Gasteiger partial charge in [0.05, 0.1) is 10.7 Å². The normalized spacial score (nSPS) is 23.5. The van der Waals surface area contributed by atoms with Crippen molar-refractivity contribution in [3.63, 3.8) is 0 Å².